The normalized spacial score (nSPS) is 14.9. The van der Waals surface area contributed by atoms with Gasteiger partial charge in [-0.15, -0.1) is 0 Å². The van der Waals surface area contributed by atoms with Gasteiger partial charge >= 0.3 is 12.1 Å². The minimum atomic E-state index is -0.713. The highest BCUT2D eigenvalue weighted by Gasteiger charge is 2.50. The molecular weight excluding hydrogens is 585 g/mol. The fourth-order valence-corrected chi connectivity index (χ4v) is 4.85. The minimum absolute atomic E-state index is 0.0231. The van der Waals surface area contributed by atoms with Crippen LogP contribution in [0.3, 0.4) is 0 Å². The number of pyridine rings is 1. The van der Waals surface area contributed by atoms with Gasteiger partial charge in [-0.1, -0.05) is 40.8 Å². The summed E-state index contributed by atoms with van der Waals surface area (Å²) in [6, 6.07) is 14.3. The minimum Gasteiger partial charge on any atom is -0.444 e. The number of alkyl carbamates (subject to hydrolysis) is 1. The van der Waals surface area contributed by atoms with Crippen molar-refractivity contribution in [2.75, 3.05) is 16.3 Å². The maximum Gasteiger partial charge on any atom is 0.407 e. The summed E-state index contributed by atoms with van der Waals surface area (Å²) < 4.78 is 11.6. The molecule has 1 atom stereocenters. The van der Waals surface area contributed by atoms with Crippen LogP contribution in [-0.2, 0) is 14.3 Å². The van der Waals surface area contributed by atoms with Crippen LogP contribution in [0.15, 0.2) is 60.9 Å². The molecular formula is C28H30IN3O5. The zero-order valence-electron chi connectivity index (χ0n) is 21.0. The Morgan fingerprint density at radius 3 is 2.43 bits per heavy atom. The largest absolute Gasteiger partial charge is 0.444 e. The van der Waals surface area contributed by atoms with Crippen molar-refractivity contribution < 1.29 is 23.9 Å². The molecule has 3 aromatic rings. The van der Waals surface area contributed by atoms with Crippen molar-refractivity contribution in [1.82, 2.24) is 10.3 Å². The van der Waals surface area contributed by atoms with Crippen molar-refractivity contribution in [2.45, 2.75) is 45.1 Å². The Labute approximate surface area is 229 Å². The number of alkyl halides is 1. The molecule has 2 N–H and O–H groups in total. The first-order valence-electron chi connectivity index (χ1n) is 12.1. The first-order chi connectivity index (χ1) is 17.6. The Bertz CT molecular complexity index is 1300. The molecule has 1 fully saturated rings. The molecule has 2 amide bonds. The molecule has 1 aromatic heterocycles. The molecule has 0 radical (unpaired) electrons. The number of nitrogens with one attached hydrogen (secondary N) is 2. The maximum absolute atomic E-state index is 13.4. The predicted octanol–water partition coefficient (Wildman–Crippen LogP) is 5.60. The number of esters is 1. The van der Waals surface area contributed by atoms with Crippen LogP contribution >= 0.6 is 22.6 Å². The third-order valence-electron chi connectivity index (χ3n) is 6.11. The van der Waals surface area contributed by atoms with E-state index in [2.05, 4.69) is 38.2 Å². The third kappa shape index (κ3) is 6.97. The first-order valence-corrected chi connectivity index (χ1v) is 13.6. The number of rotatable bonds is 8. The number of fused-ring (bicyclic) bond motifs is 1. The molecule has 2 aromatic carbocycles. The highest BCUT2D eigenvalue weighted by molar-refractivity contribution is 14.1. The van der Waals surface area contributed by atoms with E-state index < -0.39 is 17.6 Å². The molecule has 0 saturated heterocycles. The van der Waals surface area contributed by atoms with Gasteiger partial charge in [0.25, 0.3) is 0 Å². The second-order valence-corrected chi connectivity index (χ2v) is 11.0. The smallest absolute Gasteiger partial charge is 0.407 e. The van der Waals surface area contributed by atoms with Gasteiger partial charge < -0.3 is 20.1 Å². The number of carbonyl (C=O) groups excluding carboxylic acids is 3. The van der Waals surface area contributed by atoms with Crippen molar-refractivity contribution in [3.63, 3.8) is 0 Å². The van der Waals surface area contributed by atoms with Gasteiger partial charge in [0, 0.05) is 34.4 Å². The number of hydrogen-bond acceptors (Lipinski definition) is 6. The number of aromatic nitrogens is 1. The van der Waals surface area contributed by atoms with Crippen LogP contribution in [0.1, 0.15) is 45.1 Å². The van der Waals surface area contributed by atoms with Crippen molar-refractivity contribution in [3.8, 4) is 5.75 Å². The zero-order valence-corrected chi connectivity index (χ0v) is 23.2. The topological polar surface area (TPSA) is 107 Å². The van der Waals surface area contributed by atoms with Gasteiger partial charge in [0.2, 0.25) is 5.91 Å². The van der Waals surface area contributed by atoms with E-state index in [1.165, 1.54) is 0 Å². The highest BCUT2D eigenvalue weighted by Crippen LogP contribution is 2.48. The van der Waals surface area contributed by atoms with Crippen LogP contribution in [0.25, 0.3) is 10.8 Å². The summed E-state index contributed by atoms with van der Waals surface area (Å²) in [7, 11) is 0. The van der Waals surface area contributed by atoms with Crippen molar-refractivity contribution >= 4 is 57.0 Å². The van der Waals surface area contributed by atoms with Gasteiger partial charge in [-0.3, -0.25) is 14.6 Å². The summed E-state index contributed by atoms with van der Waals surface area (Å²) in [6.07, 6.45) is 4.53. The van der Waals surface area contributed by atoms with Crippen LogP contribution < -0.4 is 15.4 Å². The monoisotopic (exact) mass is 615 g/mol. The van der Waals surface area contributed by atoms with E-state index in [1.807, 2.05) is 24.3 Å². The predicted molar refractivity (Wildman–Crippen MR) is 150 cm³/mol. The lowest BCUT2D eigenvalue weighted by molar-refractivity contribution is -0.139. The fourth-order valence-electron chi connectivity index (χ4n) is 3.78. The maximum atomic E-state index is 13.4. The van der Waals surface area contributed by atoms with Crippen molar-refractivity contribution in [1.29, 1.82) is 0 Å². The molecule has 8 nitrogen and oxygen atoms in total. The molecule has 1 heterocycles. The molecule has 0 aliphatic heterocycles. The van der Waals surface area contributed by atoms with Crippen molar-refractivity contribution in [3.05, 3.63) is 66.5 Å². The van der Waals surface area contributed by atoms with Gasteiger partial charge in [-0.05, 0) is 74.9 Å². The lowest BCUT2D eigenvalue weighted by Crippen LogP contribution is -2.37. The van der Waals surface area contributed by atoms with E-state index in [9.17, 15) is 14.4 Å². The molecule has 37 heavy (non-hydrogen) atoms. The van der Waals surface area contributed by atoms with E-state index in [4.69, 9.17) is 9.47 Å². The zero-order chi connectivity index (χ0) is 26.6. The molecule has 0 spiro atoms. The standard InChI is InChI=1S/C28H30IN3O5/c1-27(2,3)37-26(35)31-16-23(24(33)32-21-7-4-20-15-30-13-10-19(20)14-21)18-5-8-22(9-6-18)36-25(34)28(17-29)11-12-28/h4-10,13-15,23H,11-12,16-17H2,1-3H3,(H,31,35)(H,32,33). The van der Waals surface area contributed by atoms with Crippen LogP contribution in [0.5, 0.6) is 5.75 Å². The molecule has 1 aliphatic carbocycles. The van der Waals surface area contributed by atoms with E-state index in [-0.39, 0.29) is 23.8 Å². The average molecular weight is 615 g/mol. The second-order valence-electron chi connectivity index (χ2n) is 10.2. The lowest BCUT2D eigenvalue weighted by atomic mass is 9.97. The summed E-state index contributed by atoms with van der Waals surface area (Å²) in [5, 5.41) is 7.56. The Morgan fingerprint density at radius 2 is 1.78 bits per heavy atom. The van der Waals surface area contributed by atoms with E-state index >= 15 is 0 Å². The Hall–Kier alpha value is -3.21. The molecule has 194 valence electrons. The van der Waals surface area contributed by atoms with Crippen LogP contribution in [0.2, 0.25) is 0 Å². The first kappa shape index (κ1) is 26.8. The van der Waals surface area contributed by atoms with Crippen molar-refractivity contribution in [2.24, 2.45) is 5.41 Å². The van der Waals surface area contributed by atoms with Crippen LogP contribution in [0.4, 0.5) is 10.5 Å². The number of ether oxygens (including phenoxy) is 2. The van der Waals surface area contributed by atoms with E-state index in [0.29, 0.717) is 17.0 Å². The van der Waals surface area contributed by atoms with Gasteiger partial charge in [0.15, 0.2) is 0 Å². The van der Waals surface area contributed by atoms with Gasteiger partial charge in [0.1, 0.15) is 11.4 Å². The number of halogens is 1. The fraction of sp³-hybridized carbons (Fsp3) is 0.357. The Balaban J connectivity index is 1.51. The van der Waals surface area contributed by atoms with Crippen LogP contribution in [-0.4, -0.2) is 39.5 Å². The summed E-state index contributed by atoms with van der Waals surface area (Å²) in [5.74, 6) is -0.806. The highest BCUT2D eigenvalue weighted by atomic mass is 127. The lowest BCUT2D eigenvalue weighted by Gasteiger charge is -2.22. The van der Waals surface area contributed by atoms with Gasteiger partial charge in [-0.2, -0.15) is 0 Å². The average Bonchev–Trinajstić information content (AvgIpc) is 3.65. The van der Waals surface area contributed by atoms with E-state index in [1.54, 1.807) is 57.4 Å². The number of carbonyl (C=O) groups is 3. The quantitative estimate of drug-likeness (QED) is 0.148. The summed E-state index contributed by atoms with van der Waals surface area (Å²) in [6.45, 7) is 5.34. The number of nitrogens with zero attached hydrogens (tertiary/aromatic N) is 1. The Morgan fingerprint density at radius 1 is 1.05 bits per heavy atom. The Kier molecular flexibility index (Phi) is 8.01. The molecule has 1 saturated carbocycles. The van der Waals surface area contributed by atoms with Gasteiger partial charge in [-0.25, -0.2) is 4.79 Å². The molecule has 4 rings (SSSR count). The molecule has 9 heteroatoms. The number of amides is 2. The summed E-state index contributed by atoms with van der Waals surface area (Å²) in [4.78, 5) is 42.3. The number of anilines is 1. The molecule has 0 bridgehead atoms. The SMILES string of the molecule is CC(C)(C)OC(=O)NCC(C(=O)Nc1ccc2cnccc2c1)c1ccc(OC(=O)C2(CI)CC2)cc1. The van der Waals surface area contributed by atoms with Gasteiger partial charge in [0.05, 0.1) is 11.3 Å². The summed E-state index contributed by atoms with van der Waals surface area (Å²) in [5.41, 5.74) is 0.262. The molecule has 1 aliphatic rings. The second kappa shape index (κ2) is 11.0. The third-order valence-corrected chi connectivity index (χ3v) is 7.57. The summed E-state index contributed by atoms with van der Waals surface area (Å²) >= 11 is 2.21. The number of benzene rings is 2. The van der Waals surface area contributed by atoms with E-state index in [0.717, 1.165) is 28.0 Å². The van der Waals surface area contributed by atoms with Crippen LogP contribution in [0, 0.1) is 5.41 Å². The number of hydrogen-bond donors (Lipinski definition) is 2. The molecule has 1 unspecified atom stereocenters.